The molecule has 94 heavy (non-hydrogen) atoms. The fraction of sp³-hybridized carbons (Fsp3) is 0.167. The number of rotatable bonds is 14. The van der Waals surface area contributed by atoms with E-state index in [1.165, 1.54) is 55.4 Å². The van der Waals surface area contributed by atoms with Crippen LogP contribution in [0.3, 0.4) is 0 Å². The first kappa shape index (κ1) is 64.9. The zero-order valence-electron chi connectivity index (χ0n) is 51.8. The molecule has 6 aromatic carbocycles. The van der Waals surface area contributed by atoms with Gasteiger partial charge >= 0.3 is 18.2 Å². The molecule has 0 spiro atoms. The molecule has 6 aromatic heterocycles. The summed E-state index contributed by atoms with van der Waals surface area (Å²) in [5, 5.41) is 31.9. The van der Waals surface area contributed by atoms with Gasteiger partial charge < -0.3 is 49.1 Å². The van der Waals surface area contributed by atoms with Crippen molar-refractivity contribution in [3.8, 4) is 33.8 Å². The number of carbonyl (C=O) groups is 2. The van der Waals surface area contributed by atoms with Gasteiger partial charge in [-0.25, -0.2) is 62.3 Å². The highest BCUT2D eigenvalue weighted by Gasteiger charge is 2.31. The van der Waals surface area contributed by atoms with Gasteiger partial charge in [-0.3, -0.25) is 0 Å². The summed E-state index contributed by atoms with van der Waals surface area (Å²) in [6, 6.07) is 36.5. The predicted octanol–water partition coefficient (Wildman–Crippen LogP) is 14.9. The van der Waals surface area contributed by atoms with Crippen LogP contribution in [0.5, 0.6) is 0 Å². The highest BCUT2D eigenvalue weighted by molar-refractivity contribution is 6.03. The van der Waals surface area contributed by atoms with Crippen molar-refractivity contribution in [2.45, 2.75) is 72.8 Å². The standard InChI is InChI=1S/C23H22F3N7.C22H22FN7O.C21H20FN7O/c1-13(2)33-22-19(21(27)28-12-29-22)20(32-33)15-7-9-17(10-8-15)30-14(3)31-18-6-4-5-16(11-18)23(24,25)26;1-12(2)30-21-18(20(24)25-11-26-21)19(29-30)14-7-8-17(16(23)10-14)28-22(31)27-15-6-4-5-13(3)9-15;1-12(2)29-20-17(19(23)24-11-25-20)18(28-29)13-8-9-16(15(22)10-13)27-21(30)26-14-6-4-3-5-7-14/h4-13,30-31H,3H2,1-2H3,(H2,27,28,29);4-12H,1-3H3,(H2,24,25,26)(H2,27,28,31);3-12H,1-2H3,(H2,23,24,25)(H2,26,27,30). The monoisotopic (exact) mass is 1280 g/mol. The normalized spacial score (nSPS) is 11.3. The Kier molecular flexibility index (Phi) is 19.0. The lowest BCUT2D eigenvalue weighted by molar-refractivity contribution is -0.137. The Hall–Kier alpha value is -12.1. The van der Waals surface area contributed by atoms with Crippen molar-refractivity contribution in [2.75, 3.05) is 49.1 Å². The van der Waals surface area contributed by atoms with Crippen molar-refractivity contribution in [2.24, 2.45) is 0 Å². The largest absolute Gasteiger partial charge is 0.416 e. The number of hydrogen-bond donors (Lipinski definition) is 9. The molecule has 480 valence electrons. The molecule has 0 unspecified atom stereocenters. The van der Waals surface area contributed by atoms with Crippen LogP contribution in [0, 0.1) is 18.6 Å². The summed E-state index contributed by atoms with van der Waals surface area (Å²) in [7, 11) is 0. The van der Waals surface area contributed by atoms with E-state index in [1.54, 1.807) is 56.5 Å². The predicted molar refractivity (Wildman–Crippen MR) is 357 cm³/mol. The highest BCUT2D eigenvalue weighted by atomic mass is 19.4. The van der Waals surface area contributed by atoms with Gasteiger partial charge in [0.25, 0.3) is 0 Å². The lowest BCUT2D eigenvalue weighted by atomic mass is 10.1. The van der Waals surface area contributed by atoms with Crippen LogP contribution in [-0.4, -0.2) is 71.3 Å². The van der Waals surface area contributed by atoms with Gasteiger partial charge in [0.2, 0.25) is 0 Å². The van der Waals surface area contributed by atoms with Crippen molar-refractivity contribution < 1.29 is 31.5 Å². The van der Waals surface area contributed by atoms with Gasteiger partial charge in [0.05, 0.1) is 33.1 Å². The SMILES string of the molecule is C=C(Nc1ccc(-c2nn(C(C)C)c3ncnc(N)c23)cc1)Nc1cccc(C(F)(F)F)c1.CC(C)n1nc(-c2ccc(NC(=O)Nc3ccccc3)c(F)c2)c2c(N)ncnc21.Cc1cccc(NC(=O)Nc2ccc(-c3nn(C(C)C)c4ncnc(N)c34)cc2F)c1. The van der Waals surface area contributed by atoms with Gasteiger partial charge in [-0.2, -0.15) is 28.5 Å². The number of aryl methyl sites for hydroxylation is 1. The van der Waals surface area contributed by atoms with E-state index in [1.807, 2.05) is 97.0 Å². The zero-order chi connectivity index (χ0) is 67.1. The average Bonchev–Trinajstić information content (AvgIpc) is 1.63. The Morgan fingerprint density at radius 1 is 0.447 bits per heavy atom. The Bertz CT molecular complexity index is 4760. The Labute approximate surface area is 534 Å². The summed E-state index contributed by atoms with van der Waals surface area (Å²) in [5.41, 5.74) is 26.1. The molecule has 0 aliphatic carbocycles. The Balaban J connectivity index is 0.000000154. The average molecular weight is 1280 g/mol. The number of fused-ring (bicyclic) bond motifs is 3. The van der Waals surface area contributed by atoms with E-state index in [0.29, 0.717) is 90.0 Å². The number of urea groups is 2. The molecule has 0 saturated carbocycles. The minimum absolute atomic E-state index is 0.0293. The summed E-state index contributed by atoms with van der Waals surface area (Å²) >= 11 is 0. The highest BCUT2D eigenvalue weighted by Crippen LogP contribution is 2.37. The second kappa shape index (κ2) is 27.6. The van der Waals surface area contributed by atoms with Gasteiger partial charge in [-0.15, -0.1) is 0 Å². The maximum atomic E-state index is 14.8. The summed E-state index contributed by atoms with van der Waals surface area (Å²) in [6.07, 6.45) is -0.245. The lowest BCUT2D eigenvalue weighted by Gasteiger charge is -2.14. The minimum atomic E-state index is -4.41. The Morgan fingerprint density at radius 3 is 1.26 bits per heavy atom. The van der Waals surface area contributed by atoms with Gasteiger partial charge in [0, 0.05) is 57.6 Å². The topological polar surface area (TPSA) is 315 Å². The third-order valence-corrected chi connectivity index (χ3v) is 14.2. The van der Waals surface area contributed by atoms with Gasteiger partial charge in [0.1, 0.15) is 71.0 Å². The number of aromatic nitrogens is 12. The number of nitrogens with two attached hydrogens (primary N) is 3. The number of anilines is 9. The van der Waals surface area contributed by atoms with Crippen LogP contribution in [0.2, 0.25) is 0 Å². The van der Waals surface area contributed by atoms with Crippen molar-refractivity contribution in [1.29, 1.82) is 0 Å². The fourth-order valence-corrected chi connectivity index (χ4v) is 9.88. The number of amides is 4. The van der Waals surface area contributed by atoms with Gasteiger partial charge in [0.15, 0.2) is 16.9 Å². The molecular formula is C66H64F5N21O2. The number of hydrogen-bond acceptors (Lipinski definition) is 16. The number of nitrogen functional groups attached to an aromatic ring is 3. The summed E-state index contributed by atoms with van der Waals surface area (Å²) in [5.74, 6) is 0.0220. The Morgan fingerprint density at radius 2 is 0.830 bits per heavy atom. The molecule has 12 N–H and O–H groups in total. The van der Waals surface area contributed by atoms with Crippen LogP contribution >= 0.6 is 0 Å². The van der Waals surface area contributed by atoms with Crippen LogP contribution in [0.15, 0.2) is 171 Å². The van der Waals surface area contributed by atoms with Crippen LogP contribution < -0.4 is 49.1 Å². The van der Waals surface area contributed by atoms with Crippen molar-refractivity contribution in [1.82, 2.24) is 59.2 Å². The molecule has 0 fully saturated rings. The summed E-state index contributed by atoms with van der Waals surface area (Å²) < 4.78 is 73.6. The molecule has 0 bridgehead atoms. The van der Waals surface area contributed by atoms with E-state index >= 15 is 0 Å². The molecule has 12 rings (SSSR count). The molecule has 28 heteroatoms. The fourth-order valence-electron chi connectivity index (χ4n) is 9.88. The summed E-state index contributed by atoms with van der Waals surface area (Å²) in [6.45, 7) is 17.6. The molecule has 0 saturated heterocycles. The molecule has 23 nitrogen and oxygen atoms in total. The number of nitrogens with zero attached hydrogens (tertiary/aromatic N) is 12. The van der Waals surface area contributed by atoms with E-state index < -0.39 is 35.4 Å². The molecule has 0 aliphatic heterocycles. The van der Waals surface area contributed by atoms with E-state index in [4.69, 9.17) is 17.2 Å². The molecular weight excluding hydrogens is 1210 g/mol. The maximum Gasteiger partial charge on any atom is 0.416 e. The number of benzene rings is 6. The molecule has 0 atom stereocenters. The first-order valence-corrected chi connectivity index (χ1v) is 29.2. The van der Waals surface area contributed by atoms with Gasteiger partial charge in [-0.1, -0.05) is 67.2 Å². The number of para-hydroxylation sites is 1. The zero-order valence-corrected chi connectivity index (χ0v) is 51.8. The number of nitrogens with one attached hydrogen (secondary N) is 6. The van der Waals surface area contributed by atoms with E-state index in [2.05, 4.69) is 83.7 Å². The number of halogens is 5. The second-order valence-electron chi connectivity index (χ2n) is 22.2. The van der Waals surface area contributed by atoms with Crippen molar-refractivity contribution >= 4 is 96.7 Å². The first-order valence-electron chi connectivity index (χ1n) is 29.2. The van der Waals surface area contributed by atoms with Gasteiger partial charge in [-0.05, 0) is 133 Å². The molecule has 12 aromatic rings. The van der Waals surface area contributed by atoms with Crippen molar-refractivity contribution in [3.05, 3.63) is 194 Å². The number of carbonyl (C=O) groups excluding carboxylic acids is 2. The molecule has 6 heterocycles. The lowest BCUT2D eigenvalue weighted by Crippen LogP contribution is -2.20. The maximum absolute atomic E-state index is 14.8. The third kappa shape index (κ3) is 14.7. The smallest absolute Gasteiger partial charge is 0.383 e. The van der Waals surface area contributed by atoms with Crippen LogP contribution in [0.4, 0.5) is 83.1 Å². The van der Waals surface area contributed by atoms with Crippen molar-refractivity contribution in [3.63, 3.8) is 0 Å². The van der Waals surface area contributed by atoms with E-state index in [-0.39, 0.29) is 46.8 Å². The second-order valence-corrected chi connectivity index (χ2v) is 22.2. The molecule has 0 radical (unpaired) electrons. The van der Waals surface area contributed by atoms with Crippen LogP contribution in [0.1, 0.15) is 70.8 Å². The molecule has 4 amide bonds. The quantitative estimate of drug-likeness (QED) is 0.0457. The first-order chi connectivity index (χ1) is 44.9. The molecule has 0 aliphatic rings. The number of alkyl halides is 3. The van der Waals surface area contributed by atoms with Crippen LogP contribution in [-0.2, 0) is 6.18 Å². The van der Waals surface area contributed by atoms with E-state index in [9.17, 15) is 31.5 Å². The van der Waals surface area contributed by atoms with Crippen LogP contribution in [0.25, 0.3) is 66.9 Å². The summed E-state index contributed by atoms with van der Waals surface area (Å²) in [4.78, 5) is 49.5. The third-order valence-electron chi connectivity index (χ3n) is 14.2. The van der Waals surface area contributed by atoms with E-state index in [0.717, 1.165) is 23.3 Å². The minimum Gasteiger partial charge on any atom is -0.383 e.